The Morgan fingerprint density at radius 3 is 2.32 bits per heavy atom. The molecular formula is C18H20FN3O2S. The van der Waals surface area contributed by atoms with Gasteiger partial charge in [0.05, 0.1) is 10.6 Å². The Kier molecular flexibility index (Phi) is 6.12. The second-order valence-corrected chi connectivity index (χ2v) is 7.30. The minimum absolute atomic E-state index is 0.0387. The molecule has 0 radical (unpaired) electrons. The molecule has 0 unspecified atom stereocenters. The SMILES string of the molecule is CCN(CC)S(=O)(=O)c1ccc(CNc2cccc(F)c2C#N)cc1. The molecule has 0 aliphatic heterocycles. The van der Waals surface area contributed by atoms with Crippen LogP contribution in [0.3, 0.4) is 0 Å². The fourth-order valence-electron chi connectivity index (χ4n) is 2.47. The van der Waals surface area contributed by atoms with Crippen molar-refractivity contribution in [3.8, 4) is 6.07 Å². The number of nitriles is 1. The molecule has 132 valence electrons. The van der Waals surface area contributed by atoms with Gasteiger partial charge in [-0.1, -0.05) is 32.0 Å². The second-order valence-electron chi connectivity index (χ2n) is 5.36. The van der Waals surface area contributed by atoms with E-state index in [-0.39, 0.29) is 10.5 Å². The third kappa shape index (κ3) is 4.16. The quantitative estimate of drug-likeness (QED) is 0.821. The van der Waals surface area contributed by atoms with Gasteiger partial charge in [-0.05, 0) is 29.8 Å². The summed E-state index contributed by atoms with van der Waals surface area (Å²) in [4.78, 5) is 0.239. The minimum Gasteiger partial charge on any atom is -0.380 e. The van der Waals surface area contributed by atoms with Crippen LogP contribution in [0.15, 0.2) is 47.4 Å². The molecule has 2 aromatic carbocycles. The lowest BCUT2D eigenvalue weighted by molar-refractivity contribution is 0.445. The lowest BCUT2D eigenvalue weighted by Crippen LogP contribution is -2.30. The highest BCUT2D eigenvalue weighted by Gasteiger charge is 2.21. The van der Waals surface area contributed by atoms with Gasteiger partial charge < -0.3 is 5.32 Å². The Balaban J connectivity index is 2.14. The highest BCUT2D eigenvalue weighted by Crippen LogP contribution is 2.20. The highest BCUT2D eigenvalue weighted by molar-refractivity contribution is 7.89. The summed E-state index contributed by atoms with van der Waals surface area (Å²) in [6.45, 7) is 4.78. The Bertz CT molecular complexity index is 870. The summed E-state index contributed by atoms with van der Waals surface area (Å²) in [5.74, 6) is -0.576. The standard InChI is InChI=1S/C18H20FN3O2S/c1-3-22(4-2)25(23,24)15-10-8-14(9-11-15)13-21-18-7-5-6-17(19)16(18)12-20/h5-11,21H,3-4,13H2,1-2H3. The van der Waals surface area contributed by atoms with Gasteiger partial charge in [0.15, 0.2) is 0 Å². The smallest absolute Gasteiger partial charge is 0.243 e. The maximum Gasteiger partial charge on any atom is 0.243 e. The van der Waals surface area contributed by atoms with Crippen LogP contribution < -0.4 is 5.32 Å². The predicted molar refractivity (Wildman–Crippen MR) is 95.0 cm³/mol. The molecule has 0 saturated heterocycles. The molecule has 0 atom stereocenters. The fourth-order valence-corrected chi connectivity index (χ4v) is 3.93. The van der Waals surface area contributed by atoms with Crippen LogP contribution in [-0.2, 0) is 16.6 Å². The molecule has 1 N–H and O–H groups in total. The molecule has 0 aromatic heterocycles. The van der Waals surface area contributed by atoms with Crippen LogP contribution in [0, 0.1) is 17.1 Å². The van der Waals surface area contributed by atoms with Crippen LogP contribution in [0.5, 0.6) is 0 Å². The van der Waals surface area contributed by atoms with Crippen LogP contribution in [0.1, 0.15) is 25.0 Å². The average molecular weight is 361 g/mol. The topological polar surface area (TPSA) is 73.2 Å². The molecule has 2 aromatic rings. The van der Waals surface area contributed by atoms with Crippen molar-refractivity contribution >= 4 is 15.7 Å². The Morgan fingerprint density at radius 1 is 1.12 bits per heavy atom. The van der Waals surface area contributed by atoms with Crippen molar-refractivity contribution in [3.63, 3.8) is 0 Å². The van der Waals surface area contributed by atoms with Crippen molar-refractivity contribution < 1.29 is 12.8 Å². The van der Waals surface area contributed by atoms with Gasteiger partial charge in [-0.2, -0.15) is 9.57 Å². The third-order valence-corrected chi connectivity index (χ3v) is 5.94. The summed E-state index contributed by atoms with van der Waals surface area (Å²) in [5.41, 5.74) is 1.19. The van der Waals surface area contributed by atoms with Gasteiger partial charge in [-0.3, -0.25) is 0 Å². The number of benzene rings is 2. The molecule has 0 heterocycles. The van der Waals surface area contributed by atoms with E-state index in [1.54, 1.807) is 44.2 Å². The maximum atomic E-state index is 13.6. The zero-order valence-corrected chi connectivity index (χ0v) is 15.0. The van der Waals surface area contributed by atoms with Gasteiger partial charge in [-0.15, -0.1) is 0 Å². The lowest BCUT2D eigenvalue weighted by Gasteiger charge is -2.18. The normalized spacial score (nSPS) is 11.3. The zero-order valence-electron chi connectivity index (χ0n) is 14.2. The van der Waals surface area contributed by atoms with E-state index in [4.69, 9.17) is 5.26 Å². The van der Waals surface area contributed by atoms with E-state index in [2.05, 4.69) is 5.32 Å². The van der Waals surface area contributed by atoms with Crippen molar-refractivity contribution in [1.82, 2.24) is 4.31 Å². The van der Waals surface area contributed by atoms with Crippen molar-refractivity contribution in [2.24, 2.45) is 0 Å². The molecule has 5 nitrogen and oxygen atoms in total. The first-order valence-electron chi connectivity index (χ1n) is 7.95. The molecule has 7 heteroatoms. The molecule has 0 saturated carbocycles. The first-order valence-corrected chi connectivity index (χ1v) is 9.39. The molecule has 0 bridgehead atoms. The number of anilines is 1. The van der Waals surface area contributed by atoms with Gasteiger partial charge in [-0.25, -0.2) is 12.8 Å². The van der Waals surface area contributed by atoms with Crippen LogP contribution >= 0.6 is 0 Å². The Hall–Kier alpha value is -2.43. The minimum atomic E-state index is -3.48. The van der Waals surface area contributed by atoms with E-state index in [0.29, 0.717) is 25.3 Å². The average Bonchev–Trinajstić information content (AvgIpc) is 2.61. The first kappa shape index (κ1) is 18.9. The molecule has 0 aliphatic rings. The number of halogens is 1. The van der Waals surface area contributed by atoms with Crippen LogP contribution in [0.4, 0.5) is 10.1 Å². The number of nitrogens with one attached hydrogen (secondary N) is 1. The Morgan fingerprint density at radius 2 is 1.76 bits per heavy atom. The van der Waals surface area contributed by atoms with Gasteiger partial charge in [0.25, 0.3) is 0 Å². The van der Waals surface area contributed by atoms with E-state index in [1.165, 1.54) is 16.4 Å². The lowest BCUT2D eigenvalue weighted by atomic mass is 10.1. The summed E-state index contributed by atoms with van der Waals surface area (Å²) in [6, 6.07) is 12.7. The van der Waals surface area contributed by atoms with Gasteiger partial charge in [0.2, 0.25) is 10.0 Å². The number of nitrogens with zero attached hydrogens (tertiary/aromatic N) is 2. The summed E-state index contributed by atoms with van der Waals surface area (Å²) in [6.07, 6.45) is 0. The maximum absolute atomic E-state index is 13.6. The van der Waals surface area contributed by atoms with Crippen molar-refractivity contribution in [1.29, 1.82) is 5.26 Å². The number of hydrogen-bond acceptors (Lipinski definition) is 4. The largest absolute Gasteiger partial charge is 0.380 e. The fraction of sp³-hybridized carbons (Fsp3) is 0.278. The zero-order chi connectivity index (χ0) is 18.4. The van der Waals surface area contributed by atoms with E-state index < -0.39 is 15.8 Å². The van der Waals surface area contributed by atoms with Crippen molar-refractivity contribution in [3.05, 3.63) is 59.4 Å². The molecule has 0 fully saturated rings. The third-order valence-electron chi connectivity index (χ3n) is 3.87. The highest BCUT2D eigenvalue weighted by atomic mass is 32.2. The van der Waals surface area contributed by atoms with Crippen molar-refractivity contribution in [2.45, 2.75) is 25.3 Å². The number of hydrogen-bond donors (Lipinski definition) is 1. The van der Waals surface area contributed by atoms with Crippen LogP contribution in [0.25, 0.3) is 0 Å². The van der Waals surface area contributed by atoms with E-state index in [9.17, 15) is 12.8 Å². The van der Waals surface area contributed by atoms with Crippen LogP contribution in [0.2, 0.25) is 0 Å². The van der Waals surface area contributed by atoms with Gasteiger partial charge in [0, 0.05) is 19.6 Å². The summed E-state index contributed by atoms with van der Waals surface area (Å²) < 4.78 is 39.8. The first-order chi connectivity index (χ1) is 11.9. The molecule has 0 amide bonds. The molecule has 25 heavy (non-hydrogen) atoms. The molecule has 2 rings (SSSR count). The van der Waals surface area contributed by atoms with E-state index >= 15 is 0 Å². The summed E-state index contributed by atoms with van der Waals surface area (Å²) >= 11 is 0. The van der Waals surface area contributed by atoms with E-state index in [0.717, 1.165) is 5.56 Å². The molecular weight excluding hydrogens is 341 g/mol. The monoisotopic (exact) mass is 361 g/mol. The number of sulfonamides is 1. The molecule has 0 spiro atoms. The second kappa shape index (κ2) is 8.10. The predicted octanol–water partition coefficient (Wildman–Crippen LogP) is 3.34. The van der Waals surface area contributed by atoms with E-state index in [1.807, 2.05) is 6.07 Å². The summed E-state index contributed by atoms with van der Waals surface area (Å²) in [7, 11) is -3.48. The van der Waals surface area contributed by atoms with Crippen LogP contribution in [-0.4, -0.2) is 25.8 Å². The van der Waals surface area contributed by atoms with Gasteiger partial charge in [0.1, 0.15) is 17.4 Å². The summed E-state index contributed by atoms with van der Waals surface area (Å²) in [5, 5.41) is 12.0. The number of rotatable bonds is 7. The van der Waals surface area contributed by atoms with Crippen molar-refractivity contribution in [2.75, 3.05) is 18.4 Å². The van der Waals surface area contributed by atoms with Gasteiger partial charge >= 0.3 is 0 Å². The molecule has 0 aliphatic carbocycles. The Labute approximate surface area is 147 Å².